The molecule has 2 aromatic carbocycles. The van der Waals surface area contributed by atoms with Crippen molar-refractivity contribution in [3.05, 3.63) is 63.1 Å². The van der Waals surface area contributed by atoms with E-state index in [0.717, 1.165) is 41.5 Å². The maximum absolute atomic E-state index is 12.7. The van der Waals surface area contributed by atoms with Crippen molar-refractivity contribution in [3.8, 4) is 0 Å². The number of thioether (sulfide) groups is 1. The van der Waals surface area contributed by atoms with Crippen LogP contribution in [0, 0.1) is 0 Å². The van der Waals surface area contributed by atoms with E-state index in [1.165, 1.54) is 6.92 Å². The number of nitrogens with zero attached hydrogens (tertiary/aromatic N) is 2. The van der Waals surface area contributed by atoms with Crippen LogP contribution in [0.15, 0.2) is 41.4 Å². The highest BCUT2D eigenvalue weighted by atomic mass is 35.5. The minimum atomic E-state index is -3.68. The van der Waals surface area contributed by atoms with Crippen molar-refractivity contribution in [1.29, 1.82) is 0 Å². The van der Waals surface area contributed by atoms with E-state index in [1.54, 1.807) is 18.2 Å². The summed E-state index contributed by atoms with van der Waals surface area (Å²) in [5, 5.41) is 4.11. The summed E-state index contributed by atoms with van der Waals surface area (Å²) in [7, 11) is -1.64. The van der Waals surface area contributed by atoms with Gasteiger partial charge in [-0.25, -0.2) is 8.42 Å². The van der Waals surface area contributed by atoms with Crippen LogP contribution < -0.4 is 10.0 Å². The molecule has 170 valence electrons. The number of anilines is 1. The summed E-state index contributed by atoms with van der Waals surface area (Å²) in [5.41, 5.74) is 3.67. The lowest BCUT2D eigenvalue weighted by Gasteiger charge is -2.33. The number of halogens is 2. The van der Waals surface area contributed by atoms with Gasteiger partial charge in [-0.2, -0.15) is 0 Å². The van der Waals surface area contributed by atoms with Crippen molar-refractivity contribution in [2.45, 2.75) is 24.0 Å². The summed E-state index contributed by atoms with van der Waals surface area (Å²) in [6.45, 7) is 2.99. The number of hydrogen-bond acceptors (Lipinski definition) is 6. The van der Waals surface area contributed by atoms with E-state index in [9.17, 15) is 13.2 Å². The number of sulfonamides is 1. The molecule has 0 spiro atoms. The van der Waals surface area contributed by atoms with E-state index < -0.39 is 14.6 Å². The van der Waals surface area contributed by atoms with Gasteiger partial charge in [-0.3, -0.25) is 14.5 Å². The van der Waals surface area contributed by atoms with Gasteiger partial charge in [0.15, 0.2) is 9.75 Å². The lowest BCUT2D eigenvalue weighted by molar-refractivity contribution is -0.117. The molecule has 0 bridgehead atoms. The third-order valence-electron chi connectivity index (χ3n) is 5.32. The number of carbonyl (C=O) groups excluding carboxylic acids is 1. The van der Waals surface area contributed by atoms with Crippen molar-refractivity contribution in [1.82, 2.24) is 10.2 Å². The molecule has 0 aromatic heterocycles. The molecule has 2 N–H and O–H groups in total. The van der Waals surface area contributed by atoms with Crippen molar-refractivity contribution >= 4 is 61.7 Å². The van der Waals surface area contributed by atoms with Crippen LogP contribution in [-0.4, -0.2) is 49.1 Å². The molecule has 0 radical (unpaired) electrons. The molecular weight excluding hydrogens is 491 g/mol. The molecule has 2 aromatic rings. The van der Waals surface area contributed by atoms with Gasteiger partial charge in [-0.1, -0.05) is 47.1 Å². The number of rotatable bonds is 4. The van der Waals surface area contributed by atoms with Crippen LogP contribution in [0.2, 0.25) is 10.0 Å². The molecule has 0 aliphatic carbocycles. The highest BCUT2D eigenvalue weighted by molar-refractivity contribution is 8.23. The molecule has 2 atom stereocenters. The van der Waals surface area contributed by atoms with Crippen LogP contribution in [0.3, 0.4) is 0 Å². The molecule has 1 amide bonds. The second-order valence-electron chi connectivity index (χ2n) is 7.85. The minimum Gasteiger partial charge on any atom is -0.306 e. The maximum Gasteiger partial charge on any atom is 0.247 e. The fourth-order valence-electron chi connectivity index (χ4n) is 3.88. The second-order valence-corrected chi connectivity index (χ2v) is 12.0. The Balaban J connectivity index is 1.51. The topological polar surface area (TPSA) is 90.9 Å². The SMILES string of the molecule is CC(=O)NC1=NCC(S(=O)(=O)Nc2ccc(C3CN(C)Cc4c(Cl)cc(Cl)cc43)cc2)S1. The number of amidine groups is 1. The highest BCUT2D eigenvalue weighted by Gasteiger charge is 2.33. The number of hydrogen-bond donors (Lipinski definition) is 2. The largest absolute Gasteiger partial charge is 0.306 e. The van der Waals surface area contributed by atoms with E-state index >= 15 is 0 Å². The van der Waals surface area contributed by atoms with Gasteiger partial charge in [0.05, 0.1) is 6.54 Å². The van der Waals surface area contributed by atoms with Gasteiger partial charge >= 0.3 is 0 Å². The molecule has 4 rings (SSSR count). The number of amides is 1. The first-order valence-corrected chi connectivity index (χ1v) is 13.1. The summed E-state index contributed by atoms with van der Waals surface area (Å²) in [6, 6.07) is 11.1. The second kappa shape index (κ2) is 9.23. The summed E-state index contributed by atoms with van der Waals surface area (Å²) in [6.07, 6.45) is 0. The number of fused-ring (bicyclic) bond motifs is 1. The normalized spacial score (nSPS) is 21.1. The zero-order valence-electron chi connectivity index (χ0n) is 17.4. The molecular formula is C21H22Cl2N4O3S2. The molecule has 0 fully saturated rings. The fourth-order valence-corrected chi connectivity index (χ4v) is 6.99. The third kappa shape index (κ3) is 5.07. The van der Waals surface area contributed by atoms with Gasteiger partial charge in [-0.15, -0.1) is 0 Å². The van der Waals surface area contributed by atoms with Gasteiger partial charge < -0.3 is 10.2 Å². The van der Waals surface area contributed by atoms with Gasteiger partial charge in [0.25, 0.3) is 0 Å². The predicted octanol–water partition coefficient (Wildman–Crippen LogP) is 3.88. The quantitative estimate of drug-likeness (QED) is 0.648. The summed E-state index contributed by atoms with van der Waals surface area (Å²) >= 11 is 13.7. The Hall–Kier alpha value is -1.78. The Bertz CT molecular complexity index is 1190. The Labute approximate surface area is 201 Å². The first kappa shape index (κ1) is 23.4. The monoisotopic (exact) mass is 512 g/mol. The van der Waals surface area contributed by atoms with Gasteiger partial charge in [0.2, 0.25) is 15.9 Å². The predicted molar refractivity (Wildman–Crippen MR) is 131 cm³/mol. The molecule has 2 unspecified atom stereocenters. The Kier molecular flexibility index (Phi) is 6.74. The van der Waals surface area contributed by atoms with Crippen LogP contribution in [-0.2, 0) is 21.4 Å². The highest BCUT2D eigenvalue weighted by Crippen LogP contribution is 2.38. The number of likely N-dealkylation sites (N-methyl/N-ethyl adjacent to an activating group) is 1. The standard InChI is InChI=1S/C21H22Cl2N4O3S2/c1-12(28)25-21-24-9-20(31-21)32(29,30)26-15-5-3-13(4-6-15)17-10-27(2)11-18-16(17)7-14(22)8-19(18)23/h3-8,17,20,26H,9-11H2,1-2H3,(H,24,25,28). The smallest absolute Gasteiger partial charge is 0.247 e. The minimum absolute atomic E-state index is 0.0737. The first-order chi connectivity index (χ1) is 15.1. The lowest BCUT2D eigenvalue weighted by atomic mass is 9.85. The molecule has 32 heavy (non-hydrogen) atoms. The average Bonchev–Trinajstić information content (AvgIpc) is 3.17. The molecule has 2 aliphatic heterocycles. The maximum atomic E-state index is 12.7. The Morgan fingerprint density at radius 1 is 1.22 bits per heavy atom. The number of carbonyl (C=O) groups is 1. The van der Waals surface area contributed by atoms with Crippen molar-refractivity contribution in [2.24, 2.45) is 4.99 Å². The van der Waals surface area contributed by atoms with Crippen molar-refractivity contribution in [3.63, 3.8) is 0 Å². The Morgan fingerprint density at radius 3 is 2.62 bits per heavy atom. The van der Waals surface area contributed by atoms with E-state index in [2.05, 4.69) is 19.9 Å². The lowest BCUT2D eigenvalue weighted by Crippen LogP contribution is -2.31. The summed E-state index contributed by atoms with van der Waals surface area (Å²) in [4.78, 5) is 17.4. The van der Waals surface area contributed by atoms with E-state index in [1.807, 2.05) is 25.2 Å². The number of benzene rings is 2. The zero-order chi connectivity index (χ0) is 23.0. The number of nitrogens with one attached hydrogen (secondary N) is 2. The van der Waals surface area contributed by atoms with Gasteiger partial charge in [0, 0.05) is 41.7 Å². The summed E-state index contributed by atoms with van der Waals surface area (Å²) < 4.78 is 27.3. The molecule has 2 heterocycles. The average molecular weight is 513 g/mol. The zero-order valence-corrected chi connectivity index (χ0v) is 20.6. The van der Waals surface area contributed by atoms with Crippen LogP contribution in [0.4, 0.5) is 5.69 Å². The van der Waals surface area contributed by atoms with Crippen LogP contribution in [0.25, 0.3) is 0 Å². The van der Waals surface area contributed by atoms with Crippen LogP contribution in [0.5, 0.6) is 0 Å². The van der Waals surface area contributed by atoms with E-state index in [4.69, 9.17) is 23.2 Å². The van der Waals surface area contributed by atoms with Crippen LogP contribution in [0.1, 0.15) is 29.5 Å². The summed E-state index contributed by atoms with van der Waals surface area (Å²) in [5.74, 6) is -0.208. The van der Waals surface area contributed by atoms with E-state index in [0.29, 0.717) is 20.9 Å². The van der Waals surface area contributed by atoms with Crippen molar-refractivity contribution < 1.29 is 13.2 Å². The Morgan fingerprint density at radius 2 is 1.94 bits per heavy atom. The van der Waals surface area contributed by atoms with E-state index in [-0.39, 0.29) is 18.4 Å². The molecule has 0 saturated heterocycles. The van der Waals surface area contributed by atoms with Crippen molar-refractivity contribution in [2.75, 3.05) is 24.9 Å². The van der Waals surface area contributed by atoms with Gasteiger partial charge in [-0.05, 0) is 48.0 Å². The first-order valence-electron chi connectivity index (χ1n) is 9.89. The van der Waals surface area contributed by atoms with Crippen LogP contribution >= 0.6 is 35.0 Å². The fraction of sp³-hybridized carbons (Fsp3) is 0.333. The number of aliphatic imine (C=N–C) groups is 1. The third-order valence-corrected chi connectivity index (χ3v) is 9.15. The molecule has 0 saturated carbocycles. The van der Waals surface area contributed by atoms with Gasteiger partial charge in [0.1, 0.15) is 0 Å². The molecule has 11 heteroatoms. The molecule has 7 nitrogen and oxygen atoms in total. The molecule has 2 aliphatic rings.